The summed E-state index contributed by atoms with van der Waals surface area (Å²) < 4.78 is 9.74. The number of rotatable bonds is 6. The standard InChI is InChI=1S/C13H22N2O4/c1-7-18-10(16)12(3,4)14-9-15-13(5,6)11(17)19-8-2/h7-8H2,1-6H3. The third-order valence-electron chi connectivity index (χ3n) is 2.21. The molecule has 0 spiro atoms. The van der Waals surface area contributed by atoms with Gasteiger partial charge in [-0.05, 0) is 41.5 Å². The fraction of sp³-hybridized carbons (Fsp3) is 0.769. The summed E-state index contributed by atoms with van der Waals surface area (Å²) in [6, 6.07) is 2.39. The Balaban J connectivity index is 4.91. The fourth-order valence-corrected chi connectivity index (χ4v) is 0.982. The van der Waals surface area contributed by atoms with Crippen LogP contribution in [0.3, 0.4) is 0 Å². The van der Waals surface area contributed by atoms with Crippen LogP contribution in [0.2, 0.25) is 0 Å². The van der Waals surface area contributed by atoms with Crippen molar-refractivity contribution in [1.82, 2.24) is 0 Å². The Morgan fingerprint density at radius 3 is 1.47 bits per heavy atom. The number of hydrogen-bond donors (Lipinski definition) is 0. The summed E-state index contributed by atoms with van der Waals surface area (Å²) in [6.07, 6.45) is 0. The zero-order valence-electron chi connectivity index (χ0n) is 12.4. The normalized spacial score (nSPS) is 11.3. The highest BCUT2D eigenvalue weighted by Gasteiger charge is 2.30. The summed E-state index contributed by atoms with van der Waals surface area (Å²) in [4.78, 5) is 30.9. The molecule has 0 aliphatic rings. The number of aliphatic imine (C=N–C) groups is 2. The van der Waals surface area contributed by atoms with Gasteiger partial charge >= 0.3 is 11.9 Å². The maximum atomic E-state index is 11.6. The van der Waals surface area contributed by atoms with E-state index < -0.39 is 23.0 Å². The van der Waals surface area contributed by atoms with Gasteiger partial charge in [0.1, 0.15) is 0 Å². The van der Waals surface area contributed by atoms with Gasteiger partial charge in [-0.15, -0.1) is 0 Å². The van der Waals surface area contributed by atoms with Crippen LogP contribution in [-0.2, 0) is 19.1 Å². The summed E-state index contributed by atoms with van der Waals surface area (Å²) in [5.41, 5.74) is -2.16. The van der Waals surface area contributed by atoms with Crippen LogP contribution in [0.15, 0.2) is 9.98 Å². The van der Waals surface area contributed by atoms with Gasteiger partial charge in [0.25, 0.3) is 0 Å². The van der Waals surface area contributed by atoms with Crippen molar-refractivity contribution >= 4 is 17.9 Å². The van der Waals surface area contributed by atoms with Crippen molar-refractivity contribution in [2.45, 2.75) is 52.6 Å². The number of hydrogen-bond acceptors (Lipinski definition) is 6. The molecule has 0 unspecified atom stereocenters. The minimum atomic E-state index is -1.08. The molecule has 19 heavy (non-hydrogen) atoms. The van der Waals surface area contributed by atoms with E-state index in [9.17, 15) is 9.59 Å². The molecule has 0 saturated heterocycles. The van der Waals surface area contributed by atoms with Crippen molar-refractivity contribution in [3.8, 4) is 0 Å². The topological polar surface area (TPSA) is 77.3 Å². The van der Waals surface area contributed by atoms with E-state index in [0.29, 0.717) is 0 Å². The molecule has 0 aliphatic heterocycles. The quantitative estimate of drug-likeness (QED) is 0.545. The average molecular weight is 270 g/mol. The second kappa shape index (κ2) is 7.04. The van der Waals surface area contributed by atoms with E-state index in [1.165, 1.54) is 0 Å². The third kappa shape index (κ3) is 5.66. The summed E-state index contributed by atoms with van der Waals surface area (Å²) in [5, 5.41) is 0. The zero-order chi connectivity index (χ0) is 15.1. The number of esters is 2. The van der Waals surface area contributed by atoms with Gasteiger partial charge in [-0.25, -0.2) is 19.6 Å². The monoisotopic (exact) mass is 270 g/mol. The van der Waals surface area contributed by atoms with Crippen LogP contribution in [0.4, 0.5) is 0 Å². The van der Waals surface area contributed by atoms with E-state index in [4.69, 9.17) is 9.47 Å². The van der Waals surface area contributed by atoms with Crippen molar-refractivity contribution in [3.63, 3.8) is 0 Å². The van der Waals surface area contributed by atoms with Crippen molar-refractivity contribution in [2.24, 2.45) is 9.98 Å². The highest BCUT2D eigenvalue weighted by molar-refractivity contribution is 5.82. The lowest BCUT2D eigenvalue weighted by atomic mass is 10.1. The molecule has 0 aliphatic carbocycles. The molecule has 0 saturated carbocycles. The molecular formula is C13H22N2O4. The van der Waals surface area contributed by atoms with E-state index >= 15 is 0 Å². The molecule has 108 valence electrons. The van der Waals surface area contributed by atoms with E-state index in [1.807, 2.05) is 0 Å². The maximum absolute atomic E-state index is 11.6. The third-order valence-corrected chi connectivity index (χ3v) is 2.21. The van der Waals surface area contributed by atoms with Gasteiger partial charge in [-0.1, -0.05) is 0 Å². The molecular weight excluding hydrogens is 248 g/mol. The molecule has 6 nitrogen and oxygen atoms in total. The highest BCUT2D eigenvalue weighted by atomic mass is 16.5. The van der Waals surface area contributed by atoms with Gasteiger partial charge in [-0.3, -0.25) is 0 Å². The van der Waals surface area contributed by atoms with Gasteiger partial charge in [0.05, 0.1) is 19.2 Å². The van der Waals surface area contributed by atoms with Gasteiger partial charge in [0.15, 0.2) is 11.1 Å². The largest absolute Gasteiger partial charge is 0.464 e. The molecule has 0 fully saturated rings. The van der Waals surface area contributed by atoms with Gasteiger partial charge in [0.2, 0.25) is 0 Å². The highest BCUT2D eigenvalue weighted by Crippen LogP contribution is 2.13. The molecule has 0 rings (SSSR count). The molecule has 0 aromatic carbocycles. The van der Waals surface area contributed by atoms with E-state index in [-0.39, 0.29) is 13.2 Å². The molecule has 0 amide bonds. The van der Waals surface area contributed by atoms with E-state index in [2.05, 4.69) is 16.0 Å². The lowest BCUT2D eigenvalue weighted by Gasteiger charge is -2.16. The second-order valence-electron chi connectivity index (χ2n) is 4.88. The van der Waals surface area contributed by atoms with Crippen LogP contribution in [0.5, 0.6) is 0 Å². The van der Waals surface area contributed by atoms with Crippen molar-refractivity contribution in [3.05, 3.63) is 0 Å². The Kier molecular flexibility index (Phi) is 6.42. The Morgan fingerprint density at radius 1 is 0.895 bits per heavy atom. The molecule has 0 N–H and O–H groups in total. The van der Waals surface area contributed by atoms with E-state index in [1.54, 1.807) is 41.5 Å². The first-order valence-electron chi connectivity index (χ1n) is 6.20. The Morgan fingerprint density at radius 2 is 1.21 bits per heavy atom. The van der Waals surface area contributed by atoms with Crippen LogP contribution in [0.25, 0.3) is 0 Å². The number of carbonyl (C=O) groups excluding carboxylic acids is 2. The molecule has 0 radical (unpaired) electrons. The van der Waals surface area contributed by atoms with Crippen LogP contribution in [0.1, 0.15) is 41.5 Å². The SMILES string of the molecule is CCOC(=O)C(C)(C)N=C=NC(C)(C)C(=O)OCC. The average Bonchev–Trinajstić information content (AvgIpc) is 2.29. The minimum Gasteiger partial charge on any atom is -0.464 e. The number of carbonyl (C=O) groups is 2. The van der Waals surface area contributed by atoms with Gasteiger partial charge in [-0.2, -0.15) is 0 Å². The maximum Gasteiger partial charge on any atom is 0.334 e. The number of ether oxygens (including phenoxy) is 2. The van der Waals surface area contributed by atoms with Crippen molar-refractivity contribution in [2.75, 3.05) is 13.2 Å². The summed E-state index contributed by atoms with van der Waals surface area (Å²) in [5.74, 6) is -0.932. The lowest BCUT2D eigenvalue weighted by molar-refractivity contribution is -0.148. The molecule has 0 heterocycles. The fourth-order valence-electron chi connectivity index (χ4n) is 0.982. The molecule has 6 heteroatoms. The smallest absolute Gasteiger partial charge is 0.334 e. The molecule has 0 atom stereocenters. The van der Waals surface area contributed by atoms with Crippen LogP contribution in [0, 0.1) is 0 Å². The number of nitrogens with zero attached hydrogens (tertiary/aromatic N) is 2. The molecule has 0 bridgehead atoms. The first kappa shape index (κ1) is 17.3. The van der Waals surface area contributed by atoms with Crippen LogP contribution < -0.4 is 0 Å². The molecule has 0 aromatic rings. The zero-order valence-corrected chi connectivity index (χ0v) is 12.4. The predicted octanol–water partition coefficient (Wildman–Crippen LogP) is 1.84. The van der Waals surface area contributed by atoms with Crippen LogP contribution >= 0.6 is 0 Å². The summed E-state index contributed by atoms with van der Waals surface area (Å²) >= 11 is 0. The Bertz CT molecular complexity index is 359. The Hall–Kier alpha value is -1.68. The lowest BCUT2D eigenvalue weighted by Crippen LogP contribution is -2.33. The first-order chi connectivity index (χ1) is 8.67. The summed E-state index contributed by atoms with van der Waals surface area (Å²) in [6.45, 7) is 10.4. The van der Waals surface area contributed by atoms with E-state index in [0.717, 1.165) is 0 Å². The molecule has 0 aromatic heterocycles. The second-order valence-corrected chi connectivity index (χ2v) is 4.88. The van der Waals surface area contributed by atoms with Crippen molar-refractivity contribution < 1.29 is 19.1 Å². The first-order valence-corrected chi connectivity index (χ1v) is 6.20. The summed E-state index contributed by atoms with van der Waals surface area (Å²) in [7, 11) is 0. The Labute approximate surface area is 113 Å². The van der Waals surface area contributed by atoms with Gasteiger partial charge < -0.3 is 9.47 Å². The van der Waals surface area contributed by atoms with Crippen molar-refractivity contribution in [1.29, 1.82) is 0 Å². The van der Waals surface area contributed by atoms with Gasteiger partial charge in [0, 0.05) is 0 Å². The van der Waals surface area contributed by atoms with Crippen LogP contribution in [-0.4, -0.2) is 42.2 Å². The minimum absolute atomic E-state index is 0.281. The predicted molar refractivity (Wildman–Crippen MR) is 71.3 cm³/mol.